The molecule has 2 heterocycles. The maximum absolute atomic E-state index is 2.71. The number of likely N-dealkylation sites (tertiary alicyclic amines) is 1. The Hall–Kier alpha value is -2.26. The first-order valence-electron chi connectivity index (χ1n) is 10.7. The van der Waals surface area contributed by atoms with Crippen LogP contribution in [0.4, 0.5) is 5.69 Å². The largest absolute Gasteiger partial charge is 0.378 e. The molecule has 1 saturated heterocycles. The lowest BCUT2D eigenvalue weighted by atomic mass is 9.92. The number of rotatable bonds is 5. The van der Waals surface area contributed by atoms with Crippen LogP contribution in [0.15, 0.2) is 48.5 Å². The molecule has 1 unspecified atom stereocenters. The maximum atomic E-state index is 2.71. The topological polar surface area (TPSA) is 11.4 Å². The van der Waals surface area contributed by atoms with Crippen LogP contribution in [0, 0.1) is 6.92 Å². The lowest BCUT2D eigenvalue weighted by molar-refractivity contribution is 0.187. The summed E-state index contributed by atoms with van der Waals surface area (Å²) in [5.41, 5.74) is 6.95. The number of hydrogen-bond acceptors (Lipinski definition) is 2. The van der Waals surface area contributed by atoms with Crippen molar-refractivity contribution >= 4 is 16.6 Å². The van der Waals surface area contributed by atoms with Gasteiger partial charge in [0.05, 0.1) is 6.04 Å². The molecule has 0 spiro atoms. The fourth-order valence-electron chi connectivity index (χ4n) is 4.90. The Labute approximate surface area is 169 Å². The molecule has 1 atom stereocenters. The van der Waals surface area contributed by atoms with Gasteiger partial charge in [-0.1, -0.05) is 36.8 Å². The minimum absolute atomic E-state index is 0.328. The van der Waals surface area contributed by atoms with Crippen LogP contribution in [0.25, 0.3) is 10.9 Å². The van der Waals surface area contributed by atoms with Crippen LogP contribution >= 0.6 is 0 Å². The van der Waals surface area contributed by atoms with E-state index in [0.717, 1.165) is 6.54 Å². The molecule has 1 aliphatic heterocycles. The molecule has 3 aromatic rings. The zero-order chi connectivity index (χ0) is 19.7. The molecular weight excluding hydrogens is 342 g/mol. The van der Waals surface area contributed by atoms with Crippen LogP contribution in [-0.2, 0) is 6.54 Å². The SMILES string of the molecule is CCn1c(C)c(C(c2ccc(N(C)C)cc2)N2CCCCC2)c2ccccc21. The molecule has 3 nitrogen and oxygen atoms in total. The molecule has 4 rings (SSSR count). The normalized spacial score (nSPS) is 16.4. The first-order chi connectivity index (χ1) is 13.6. The van der Waals surface area contributed by atoms with Crippen LogP contribution in [0.5, 0.6) is 0 Å². The second kappa shape index (κ2) is 8.00. The van der Waals surface area contributed by atoms with E-state index in [1.807, 2.05) is 0 Å². The van der Waals surface area contributed by atoms with E-state index >= 15 is 0 Å². The van der Waals surface area contributed by atoms with Crippen molar-refractivity contribution in [2.45, 2.75) is 45.7 Å². The van der Waals surface area contributed by atoms with Crippen LogP contribution in [0.1, 0.15) is 49.0 Å². The van der Waals surface area contributed by atoms with Crippen molar-refractivity contribution < 1.29 is 0 Å². The zero-order valence-corrected chi connectivity index (χ0v) is 17.8. The number of piperidine rings is 1. The summed E-state index contributed by atoms with van der Waals surface area (Å²) in [6.45, 7) is 7.95. The molecule has 148 valence electrons. The molecule has 3 heteroatoms. The third-order valence-electron chi connectivity index (χ3n) is 6.35. The monoisotopic (exact) mass is 375 g/mol. The highest BCUT2D eigenvalue weighted by Gasteiger charge is 2.29. The highest BCUT2D eigenvalue weighted by molar-refractivity contribution is 5.86. The summed E-state index contributed by atoms with van der Waals surface area (Å²) >= 11 is 0. The highest BCUT2D eigenvalue weighted by Crippen LogP contribution is 2.39. The summed E-state index contributed by atoms with van der Waals surface area (Å²) in [6.07, 6.45) is 3.97. The fraction of sp³-hybridized carbons (Fsp3) is 0.440. The minimum Gasteiger partial charge on any atom is -0.378 e. The summed E-state index contributed by atoms with van der Waals surface area (Å²) in [6, 6.07) is 18.5. The number of aromatic nitrogens is 1. The van der Waals surface area contributed by atoms with E-state index in [1.165, 1.54) is 65.8 Å². The molecule has 0 amide bonds. The number of hydrogen-bond donors (Lipinski definition) is 0. The lowest BCUT2D eigenvalue weighted by Gasteiger charge is -2.35. The summed E-state index contributed by atoms with van der Waals surface area (Å²) < 4.78 is 2.48. The summed E-state index contributed by atoms with van der Waals surface area (Å²) in [5, 5.41) is 1.41. The van der Waals surface area contributed by atoms with Gasteiger partial charge in [-0.2, -0.15) is 0 Å². The quantitative estimate of drug-likeness (QED) is 0.574. The average molecular weight is 376 g/mol. The van der Waals surface area contributed by atoms with Crippen molar-refractivity contribution in [1.29, 1.82) is 0 Å². The zero-order valence-electron chi connectivity index (χ0n) is 17.8. The van der Waals surface area contributed by atoms with Crippen molar-refractivity contribution in [1.82, 2.24) is 9.47 Å². The van der Waals surface area contributed by atoms with E-state index in [-0.39, 0.29) is 0 Å². The Morgan fingerprint density at radius 2 is 1.61 bits per heavy atom. The third-order valence-corrected chi connectivity index (χ3v) is 6.35. The molecular formula is C25H33N3. The molecule has 0 N–H and O–H groups in total. The van der Waals surface area contributed by atoms with E-state index in [2.05, 4.69) is 90.8 Å². The fourth-order valence-corrected chi connectivity index (χ4v) is 4.90. The molecule has 1 aliphatic rings. The summed E-state index contributed by atoms with van der Waals surface area (Å²) in [5.74, 6) is 0. The second-order valence-corrected chi connectivity index (χ2v) is 8.25. The molecule has 2 aromatic carbocycles. The molecule has 0 aliphatic carbocycles. The Morgan fingerprint density at radius 3 is 2.25 bits per heavy atom. The number of aryl methyl sites for hydroxylation is 1. The average Bonchev–Trinajstić information content (AvgIpc) is 3.01. The number of benzene rings is 2. The minimum atomic E-state index is 0.328. The summed E-state index contributed by atoms with van der Waals surface area (Å²) in [7, 11) is 4.21. The van der Waals surface area contributed by atoms with Crippen molar-refractivity contribution in [3.05, 3.63) is 65.4 Å². The van der Waals surface area contributed by atoms with E-state index in [1.54, 1.807) is 0 Å². The molecule has 1 fully saturated rings. The van der Waals surface area contributed by atoms with Crippen LogP contribution in [-0.4, -0.2) is 36.7 Å². The number of fused-ring (bicyclic) bond motifs is 1. The number of para-hydroxylation sites is 1. The van der Waals surface area contributed by atoms with E-state index in [9.17, 15) is 0 Å². The predicted octanol–water partition coefficient (Wildman–Crippen LogP) is 5.61. The van der Waals surface area contributed by atoms with Gasteiger partial charge in [0.1, 0.15) is 0 Å². The Morgan fingerprint density at radius 1 is 0.929 bits per heavy atom. The molecule has 28 heavy (non-hydrogen) atoms. The summed E-state index contributed by atoms with van der Waals surface area (Å²) in [4.78, 5) is 4.89. The van der Waals surface area contributed by atoms with Crippen molar-refractivity contribution in [3.8, 4) is 0 Å². The van der Waals surface area contributed by atoms with Crippen LogP contribution in [0.2, 0.25) is 0 Å². The number of nitrogens with zero attached hydrogens (tertiary/aromatic N) is 3. The van der Waals surface area contributed by atoms with E-state index < -0.39 is 0 Å². The highest BCUT2D eigenvalue weighted by atomic mass is 15.2. The van der Waals surface area contributed by atoms with Gasteiger partial charge in [-0.05, 0) is 63.5 Å². The van der Waals surface area contributed by atoms with Crippen molar-refractivity contribution in [3.63, 3.8) is 0 Å². The Bertz CT molecular complexity index is 930. The first-order valence-corrected chi connectivity index (χ1v) is 10.7. The van der Waals surface area contributed by atoms with Gasteiger partial charge >= 0.3 is 0 Å². The van der Waals surface area contributed by atoms with Gasteiger partial charge in [0.25, 0.3) is 0 Å². The predicted molar refractivity (Wildman–Crippen MR) is 120 cm³/mol. The maximum Gasteiger partial charge on any atom is 0.0625 e. The molecule has 0 radical (unpaired) electrons. The standard InChI is InChI=1S/C25H33N3/c1-5-28-19(2)24(22-11-7-8-12-23(22)28)25(27-17-9-6-10-18-27)20-13-15-21(16-14-20)26(3)4/h7-8,11-16,25H,5-6,9-10,17-18H2,1-4H3. The van der Waals surface area contributed by atoms with Gasteiger partial charge in [0.15, 0.2) is 0 Å². The van der Waals surface area contributed by atoms with Crippen LogP contribution in [0.3, 0.4) is 0 Å². The first kappa shape index (κ1) is 19.1. The van der Waals surface area contributed by atoms with Gasteiger partial charge in [-0.3, -0.25) is 4.90 Å². The second-order valence-electron chi connectivity index (χ2n) is 8.25. The Balaban J connectivity index is 1.89. The van der Waals surface area contributed by atoms with E-state index in [0.29, 0.717) is 6.04 Å². The van der Waals surface area contributed by atoms with Gasteiger partial charge < -0.3 is 9.47 Å². The molecule has 1 aromatic heterocycles. The smallest absolute Gasteiger partial charge is 0.0625 e. The van der Waals surface area contributed by atoms with Gasteiger partial charge in [-0.25, -0.2) is 0 Å². The molecule has 0 bridgehead atoms. The van der Waals surface area contributed by atoms with Gasteiger partial charge in [-0.15, -0.1) is 0 Å². The van der Waals surface area contributed by atoms with Crippen molar-refractivity contribution in [2.75, 3.05) is 32.1 Å². The number of anilines is 1. The van der Waals surface area contributed by atoms with Crippen LogP contribution < -0.4 is 4.90 Å². The van der Waals surface area contributed by atoms with Gasteiger partial charge in [0.2, 0.25) is 0 Å². The third kappa shape index (κ3) is 3.33. The lowest BCUT2D eigenvalue weighted by Crippen LogP contribution is -2.34. The molecule has 0 saturated carbocycles. The van der Waals surface area contributed by atoms with E-state index in [4.69, 9.17) is 0 Å². The Kier molecular flexibility index (Phi) is 5.45. The van der Waals surface area contributed by atoms with Crippen molar-refractivity contribution in [2.24, 2.45) is 0 Å². The van der Waals surface area contributed by atoms with Gasteiger partial charge in [0, 0.05) is 48.5 Å².